The molecule has 0 bridgehead atoms. The molecule has 1 aliphatic heterocycles. The minimum Gasteiger partial charge on any atom is -0.389 e. The van der Waals surface area contributed by atoms with Gasteiger partial charge in [-0.25, -0.2) is 0 Å². The van der Waals surface area contributed by atoms with Gasteiger partial charge in [-0.15, -0.1) is 0 Å². The summed E-state index contributed by atoms with van der Waals surface area (Å²) in [4.78, 5) is 2.54. The summed E-state index contributed by atoms with van der Waals surface area (Å²) in [5.41, 5.74) is 8.04. The maximum atomic E-state index is 9.38. The van der Waals surface area contributed by atoms with Crippen molar-refractivity contribution in [3.05, 3.63) is 10.4 Å². The number of hydrogen-bond acceptors (Lipinski definition) is 5. The van der Waals surface area contributed by atoms with Crippen molar-refractivity contribution < 1.29 is 15.3 Å². The van der Waals surface area contributed by atoms with Crippen molar-refractivity contribution in [1.82, 2.24) is 5.32 Å². The maximum absolute atomic E-state index is 9.38. The first-order chi connectivity index (χ1) is 6.16. The summed E-state index contributed by atoms with van der Waals surface area (Å²) in [6.45, 7) is 0.241. The molecule has 13 heavy (non-hydrogen) atoms. The van der Waals surface area contributed by atoms with Crippen LogP contribution in [0.2, 0.25) is 0 Å². The number of nitrogens with zero attached hydrogens (tertiary/aromatic N) is 3. The van der Waals surface area contributed by atoms with Gasteiger partial charge in [-0.05, 0) is 5.53 Å². The van der Waals surface area contributed by atoms with Crippen LogP contribution in [-0.4, -0.2) is 52.8 Å². The molecule has 0 saturated carbocycles. The average molecular weight is 188 g/mol. The minimum atomic E-state index is -1.18. The van der Waals surface area contributed by atoms with Gasteiger partial charge < -0.3 is 20.6 Å². The predicted octanol–water partition coefficient (Wildman–Crippen LogP) is -1.65. The lowest BCUT2D eigenvalue weighted by Gasteiger charge is -2.35. The second-order valence-corrected chi connectivity index (χ2v) is 2.98. The number of β-amino-alcohol motifs (C(OH)–C–C–N with tert-alkyl or cyclic N) is 1. The van der Waals surface area contributed by atoms with Crippen LogP contribution in [0.5, 0.6) is 0 Å². The molecule has 0 aromatic carbocycles. The molecule has 0 unspecified atom stereocenters. The highest BCUT2D eigenvalue weighted by molar-refractivity contribution is 4.93. The number of hydrogen-bond donors (Lipinski definition) is 4. The van der Waals surface area contributed by atoms with E-state index < -0.39 is 24.4 Å². The summed E-state index contributed by atoms with van der Waals surface area (Å²) in [6.07, 6.45) is -3.26. The summed E-state index contributed by atoms with van der Waals surface area (Å²) in [5.74, 6) is 0. The van der Waals surface area contributed by atoms with Crippen LogP contribution in [0.4, 0.5) is 0 Å². The molecule has 1 fully saturated rings. The van der Waals surface area contributed by atoms with E-state index in [4.69, 9.17) is 10.6 Å². The van der Waals surface area contributed by atoms with Gasteiger partial charge in [0.25, 0.3) is 0 Å². The van der Waals surface area contributed by atoms with E-state index >= 15 is 0 Å². The first kappa shape index (κ1) is 10.2. The zero-order chi connectivity index (χ0) is 9.84. The molecular formula is C6H12N4O3. The Morgan fingerprint density at radius 3 is 2.69 bits per heavy atom. The van der Waals surface area contributed by atoms with E-state index in [-0.39, 0.29) is 13.1 Å². The standard InChI is InChI=1S/C6H12N4O3/c7-10-9-1-3-5(12)6(13)4(11)2-8-3/h3-6,8,11-13H,1-2H2/t3-,4-,5-,6-/m1/s1. The van der Waals surface area contributed by atoms with Gasteiger partial charge in [0.05, 0.1) is 12.2 Å². The van der Waals surface area contributed by atoms with Crippen LogP contribution in [0.15, 0.2) is 5.11 Å². The van der Waals surface area contributed by atoms with E-state index in [9.17, 15) is 10.2 Å². The van der Waals surface area contributed by atoms with Gasteiger partial charge in [0.2, 0.25) is 0 Å². The smallest absolute Gasteiger partial charge is 0.108 e. The second-order valence-electron chi connectivity index (χ2n) is 2.98. The van der Waals surface area contributed by atoms with Gasteiger partial charge in [-0.1, -0.05) is 5.11 Å². The van der Waals surface area contributed by atoms with E-state index in [0.29, 0.717) is 0 Å². The molecule has 7 heteroatoms. The summed E-state index contributed by atoms with van der Waals surface area (Å²) in [7, 11) is 0. The van der Waals surface area contributed by atoms with Gasteiger partial charge >= 0.3 is 0 Å². The molecule has 0 aromatic heterocycles. The summed E-state index contributed by atoms with van der Waals surface area (Å²) < 4.78 is 0. The van der Waals surface area contributed by atoms with Crippen molar-refractivity contribution in [3.63, 3.8) is 0 Å². The highest BCUT2D eigenvalue weighted by Gasteiger charge is 2.35. The minimum absolute atomic E-state index is 0.0570. The predicted molar refractivity (Wildman–Crippen MR) is 43.8 cm³/mol. The highest BCUT2D eigenvalue weighted by atomic mass is 16.4. The summed E-state index contributed by atoms with van der Waals surface area (Å²) >= 11 is 0. The van der Waals surface area contributed by atoms with Crippen molar-refractivity contribution >= 4 is 0 Å². The van der Waals surface area contributed by atoms with Crippen LogP contribution in [0.1, 0.15) is 0 Å². The lowest BCUT2D eigenvalue weighted by atomic mass is 9.96. The maximum Gasteiger partial charge on any atom is 0.108 e. The fourth-order valence-electron chi connectivity index (χ4n) is 1.28. The van der Waals surface area contributed by atoms with Crippen molar-refractivity contribution in [1.29, 1.82) is 0 Å². The number of azide groups is 1. The van der Waals surface area contributed by atoms with Gasteiger partial charge in [0, 0.05) is 24.0 Å². The van der Waals surface area contributed by atoms with Crippen molar-refractivity contribution in [3.8, 4) is 0 Å². The van der Waals surface area contributed by atoms with Crippen LogP contribution in [0, 0.1) is 0 Å². The first-order valence-electron chi connectivity index (χ1n) is 3.95. The third kappa shape index (κ3) is 2.30. The zero-order valence-electron chi connectivity index (χ0n) is 6.91. The zero-order valence-corrected chi connectivity index (χ0v) is 6.91. The first-order valence-corrected chi connectivity index (χ1v) is 3.95. The van der Waals surface area contributed by atoms with E-state index in [1.807, 2.05) is 0 Å². The van der Waals surface area contributed by atoms with Crippen molar-refractivity contribution in [2.75, 3.05) is 13.1 Å². The van der Waals surface area contributed by atoms with E-state index in [0.717, 1.165) is 0 Å². The molecule has 0 amide bonds. The number of nitrogens with one attached hydrogen (secondary N) is 1. The third-order valence-electron chi connectivity index (χ3n) is 2.09. The molecular weight excluding hydrogens is 176 g/mol. The third-order valence-corrected chi connectivity index (χ3v) is 2.09. The largest absolute Gasteiger partial charge is 0.389 e. The second kappa shape index (κ2) is 4.40. The molecule has 1 heterocycles. The molecule has 1 rings (SSSR count). The molecule has 74 valence electrons. The van der Waals surface area contributed by atoms with Crippen LogP contribution in [0.25, 0.3) is 10.4 Å². The van der Waals surface area contributed by atoms with Crippen LogP contribution in [-0.2, 0) is 0 Å². The lowest BCUT2D eigenvalue weighted by Crippen LogP contribution is -2.60. The molecule has 4 N–H and O–H groups in total. The molecule has 4 atom stereocenters. The SMILES string of the molecule is [N-]=[N+]=NC[C@H]1NC[C@@H](O)[C@@H](O)[C@@H]1O. The Kier molecular flexibility index (Phi) is 3.47. The van der Waals surface area contributed by atoms with Gasteiger partial charge in [-0.3, -0.25) is 0 Å². The Bertz CT molecular complexity index is 218. The van der Waals surface area contributed by atoms with Gasteiger partial charge in [0.15, 0.2) is 0 Å². The number of aliphatic hydroxyl groups is 3. The Hall–Kier alpha value is -0.850. The molecule has 7 nitrogen and oxygen atoms in total. The summed E-state index contributed by atoms with van der Waals surface area (Å²) in [6, 6.07) is -0.491. The van der Waals surface area contributed by atoms with Crippen LogP contribution >= 0.6 is 0 Å². The van der Waals surface area contributed by atoms with Crippen LogP contribution < -0.4 is 5.32 Å². The average Bonchev–Trinajstić information content (AvgIpc) is 2.13. The number of rotatable bonds is 2. The van der Waals surface area contributed by atoms with Crippen molar-refractivity contribution in [2.24, 2.45) is 5.11 Å². The lowest BCUT2D eigenvalue weighted by molar-refractivity contribution is -0.0923. The summed E-state index contributed by atoms with van der Waals surface area (Å²) in [5, 5.41) is 33.8. The monoisotopic (exact) mass is 188 g/mol. The van der Waals surface area contributed by atoms with Crippen LogP contribution in [0.3, 0.4) is 0 Å². The Morgan fingerprint density at radius 2 is 2.08 bits per heavy atom. The normalized spacial score (nSPS) is 39.6. The topological polar surface area (TPSA) is 121 Å². The number of aliphatic hydroxyl groups excluding tert-OH is 3. The number of piperidine rings is 1. The Labute approximate surface area is 74.6 Å². The molecule has 0 spiro atoms. The van der Waals surface area contributed by atoms with Gasteiger partial charge in [0.1, 0.15) is 6.10 Å². The molecule has 0 aromatic rings. The fraction of sp³-hybridized carbons (Fsp3) is 1.00. The molecule has 1 saturated heterocycles. The molecule has 1 aliphatic rings. The quantitative estimate of drug-likeness (QED) is 0.235. The molecule has 0 aliphatic carbocycles. The highest BCUT2D eigenvalue weighted by Crippen LogP contribution is 2.10. The van der Waals surface area contributed by atoms with E-state index in [1.165, 1.54) is 0 Å². The fourth-order valence-corrected chi connectivity index (χ4v) is 1.28. The molecule has 0 radical (unpaired) electrons. The van der Waals surface area contributed by atoms with E-state index in [2.05, 4.69) is 15.3 Å². The Morgan fingerprint density at radius 1 is 1.38 bits per heavy atom. The Balaban J connectivity index is 2.53. The van der Waals surface area contributed by atoms with E-state index in [1.54, 1.807) is 0 Å². The van der Waals surface area contributed by atoms with Crippen molar-refractivity contribution in [2.45, 2.75) is 24.4 Å². The van der Waals surface area contributed by atoms with Gasteiger partial charge in [-0.2, -0.15) is 0 Å².